The van der Waals surface area contributed by atoms with Gasteiger partial charge in [-0.3, -0.25) is 0 Å². The molecule has 0 aromatic heterocycles. The molecule has 0 radical (unpaired) electrons. The van der Waals surface area contributed by atoms with E-state index in [0.29, 0.717) is 6.61 Å². The first-order valence-corrected chi connectivity index (χ1v) is 17.1. The second-order valence-corrected chi connectivity index (χ2v) is 12.9. The molecular formula is C45H46BNO2. The topological polar surface area (TPSA) is 26.3 Å². The molecule has 0 unspecified atom stereocenters. The quantitative estimate of drug-likeness (QED) is 0.0445. The van der Waals surface area contributed by atoms with Gasteiger partial charge in [-0.25, -0.2) is 4.79 Å². The van der Waals surface area contributed by atoms with E-state index in [1.807, 2.05) is 12.1 Å². The summed E-state index contributed by atoms with van der Waals surface area (Å²) >= 11 is 0. The van der Waals surface area contributed by atoms with E-state index in [1.54, 1.807) is 0 Å². The molecule has 0 N–H and O–H groups in total. The van der Waals surface area contributed by atoms with E-state index < -0.39 is 6.15 Å². The van der Waals surface area contributed by atoms with Crippen LogP contribution in [0, 0.1) is 0 Å². The molecule has 0 bridgehead atoms. The molecule has 0 aliphatic carbocycles. The third-order valence-corrected chi connectivity index (χ3v) is 9.27. The molecular weight excluding hydrogens is 597 g/mol. The molecule has 6 aromatic carbocycles. The number of quaternary nitrogens is 1. The van der Waals surface area contributed by atoms with Crippen molar-refractivity contribution in [2.24, 2.45) is 0 Å². The Morgan fingerprint density at radius 2 is 0.857 bits per heavy atom. The zero-order chi connectivity index (χ0) is 34.2. The van der Waals surface area contributed by atoms with Crippen LogP contribution in [-0.4, -0.2) is 36.8 Å². The third-order valence-electron chi connectivity index (χ3n) is 9.27. The van der Waals surface area contributed by atoms with Gasteiger partial charge in [-0.15, -0.1) is 0 Å². The highest BCUT2D eigenvalue weighted by Gasteiger charge is 2.31. The van der Waals surface area contributed by atoms with Crippen LogP contribution in [0.25, 0.3) is 0 Å². The zero-order valence-corrected chi connectivity index (χ0v) is 28.5. The van der Waals surface area contributed by atoms with Crippen LogP contribution < -0.4 is 21.9 Å². The fraction of sp³-hybridized carbons (Fsp3) is 0.133. The zero-order valence-electron chi connectivity index (χ0n) is 28.5. The summed E-state index contributed by atoms with van der Waals surface area (Å²) in [5, 5.41) is 0. The predicted molar refractivity (Wildman–Crippen MR) is 207 cm³/mol. The Bertz CT molecular complexity index is 1630. The minimum atomic E-state index is -1.22. The maximum atomic E-state index is 11.2. The average molecular weight is 644 g/mol. The van der Waals surface area contributed by atoms with E-state index >= 15 is 0 Å². The van der Waals surface area contributed by atoms with Crippen LogP contribution in [0.15, 0.2) is 195 Å². The molecule has 0 spiro atoms. The molecule has 0 aliphatic rings. The molecule has 6 rings (SSSR count). The van der Waals surface area contributed by atoms with Gasteiger partial charge >= 0.3 is 5.97 Å². The highest BCUT2D eigenvalue weighted by atomic mass is 16.5. The summed E-state index contributed by atoms with van der Waals surface area (Å²) in [7, 11) is 2.26. The van der Waals surface area contributed by atoms with Crippen molar-refractivity contribution in [2.45, 2.75) is 19.5 Å². The highest BCUT2D eigenvalue weighted by Crippen LogP contribution is 2.18. The van der Waals surface area contributed by atoms with Gasteiger partial charge in [0.25, 0.3) is 0 Å². The van der Waals surface area contributed by atoms with Gasteiger partial charge in [0.2, 0.25) is 0 Å². The second kappa shape index (κ2) is 17.6. The van der Waals surface area contributed by atoms with Crippen molar-refractivity contribution in [3.63, 3.8) is 0 Å². The van der Waals surface area contributed by atoms with E-state index in [9.17, 15) is 4.79 Å². The molecule has 0 heterocycles. The van der Waals surface area contributed by atoms with Crippen LogP contribution in [0.3, 0.4) is 0 Å². The van der Waals surface area contributed by atoms with E-state index in [2.05, 4.69) is 183 Å². The molecule has 4 heteroatoms. The molecule has 0 fully saturated rings. The van der Waals surface area contributed by atoms with Gasteiger partial charge in [0.1, 0.15) is 19.2 Å². The fourth-order valence-electron chi connectivity index (χ4n) is 7.06. The predicted octanol–water partition coefficient (Wildman–Crippen LogP) is 7.02. The van der Waals surface area contributed by atoms with E-state index in [4.69, 9.17) is 4.74 Å². The Labute approximate surface area is 292 Å². The van der Waals surface area contributed by atoms with Gasteiger partial charge < -0.3 is 9.22 Å². The molecule has 49 heavy (non-hydrogen) atoms. The fourth-order valence-corrected chi connectivity index (χ4v) is 7.06. The first-order chi connectivity index (χ1) is 24.0. The van der Waals surface area contributed by atoms with Crippen molar-refractivity contribution in [3.05, 3.63) is 206 Å². The van der Waals surface area contributed by atoms with Crippen molar-refractivity contribution in [3.8, 4) is 0 Å². The lowest BCUT2D eigenvalue weighted by Crippen LogP contribution is -2.74. The van der Waals surface area contributed by atoms with Gasteiger partial charge in [0.05, 0.1) is 20.2 Å². The number of hydrogen-bond acceptors (Lipinski definition) is 2. The summed E-state index contributed by atoms with van der Waals surface area (Å²) in [5.41, 5.74) is 7.99. The third kappa shape index (κ3) is 9.34. The molecule has 0 saturated carbocycles. The molecule has 0 amide bonds. The van der Waals surface area contributed by atoms with E-state index in [0.717, 1.165) is 30.5 Å². The highest BCUT2D eigenvalue weighted by molar-refractivity contribution is 7.19. The number of hydrogen-bond donors (Lipinski definition) is 0. The monoisotopic (exact) mass is 643 g/mol. The minimum absolute atomic E-state index is 0.352. The van der Waals surface area contributed by atoms with Crippen LogP contribution in [0.1, 0.15) is 17.5 Å². The summed E-state index contributed by atoms with van der Waals surface area (Å²) in [4.78, 5) is 11.2. The Hall–Kier alpha value is -5.45. The maximum Gasteiger partial charge on any atom is 0.330 e. The second-order valence-electron chi connectivity index (χ2n) is 12.9. The minimum Gasteiger partial charge on any atom is -0.462 e. The lowest BCUT2D eigenvalue weighted by atomic mass is 9.13. The van der Waals surface area contributed by atoms with Gasteiger partial charge in [0.15, 0.2) is 0 Å². The van der Waals surface area contributed by atoms with Crippen LogP contribution in [0.2, 0.25) is 0 Å². The Balaban J connectivity index is 0.000000191. The maximum absolute atomic E-state index is 11.2. The number of rotatable bonds is 13. The number of esters is 1. The van der Waals surface area contributed by atoms with Crippen LogP contribution in [0.5, 0.6) is 0 Å². The summed E-state index contributed by atoms with van der Waals surface area (Å²) in [6, 6.07) is 64.6. The van der Waals surface area contributed by atoms with Crippen molar-refractivity contribution < 1.29 is 14.0 Å². The van der Waals surface area contributed by atoms with Crippen molar-refractivity contribution in [2.75, 3.05) is 20.2 Å². The first-order valence-electron chi connectivity index (χ1n) is 17.1. The largest absolute Gasteiger partial charge is 0.462 e. The van der Waals surface area contributed by atoms with Gasteiger partial charge in [0, 0.05) is 23.6 Å². The Morgan fingerprint density at radius 3 is 1.16 bits per heavy atom. The van der Waals surface area contributed by atoms with Crippen molar-refractivity contribution >= 4 is 34.0 Å². The summed E-state index contributed by atoms with van der Waals surface area (Å²) in [6.45, 7) is 6.69. The lowest BCUT2D eigenvalue weighted by Gasteiger charge is -2.44. The van der Waals surface area contributed by atoms with Crippen molar-refractivity contribution in [1.82, 2.24) is 0 Å². The van der Waals surface area contributed by atoms with Gasteiger partial charge in [-0.05, 0) is 0 Å². The van der Waals surface area contributed by atoms with Gasteiger partial charge in [-0.2, -0.15) is 21.9 Å². The van der Waals surface area contributed by atoms with Crippen LogP contribution in [-0.2, 0) is 22.6 Å². The Kier molecular flexibility index (Phi) is 12.6. The molecule has 6 aromatic rings. The smallest absolute Gasteiger partial charge is 0.330 e. The number of benzene rings is 6. The summed E-state index contributed by atoms with van der Waals surface area (Å²) in [5.74, 6) is -0.352. The van der Waals surface area contributed by atoms with E-state index in [1.165, 1.54) is 39.1 Å². The normalized spacial score (nSPS) is 11.1. The standard InChI is InChI=1S/C24H20B.C21H26NO2/c1-5-13-21(14-6-1)25(22-15-7-2-8-16-22,23-17-9-3-10-18-23)24-19-11-4-12-20-24;1-3-21(23)24-16-10-15-22(2,17-19-11-6-4-7-12-19)18-20-13-8-5-9-14-20/h1-20H;3-9,11-14H,1,10,15-18H2,2H3/q-1;+1. The molecule has 3 nitrogen and oxygen atoms in total. The van der Waals surface area contributed by atoms with Gasteiger partial charge in [-0.1, -0.05) is 189 Å². The number of ether oxygens (including phenoxy) is 1. The molecule has 246 valence electrons. The molecule has 0 aliphatic heterocycles. The van der Waals surface area contributed by atoms with Crippen LogP contribution in [0.4, 0.5) is 0 Å². The number of nitrogens with zero attached hydrogens (tertiary/aromatic N) is 1. The van der Waals surface area contributed by atoms with Crippen molar-refractivity contribution in [1.29, 1.82) is 0 Å². The number of carbonyl (C=O) groups is 1. The Morgan fingerprint density at radius 1 is 0.551 bits per heavy atom. The average Bonchev–Trinajstić information content (AvgIpc) is 3.16. The van der Waals surface area contributed by atoms with E-state index in [-0.39, 0.29) is 5.97 Å². The molecule has 0 saturated heterocycles. The number of carbonyl (C=O) groups excluding carboxylic acids is 1. The van der Waals surface area contributed by atoms with Crippen LogP contribution >= 0.6 is 0 Å². The summed E-state index contributed by atoms with van der Waals surface area (Å²) in [6.07, 6.45) is 0.824. The SMILES string of the molecule is C=CC(=O)OCCC[N+](C)(Cc1ccccc1)Cc1ccccc1.c1ccc([B-](c2ccccc2)(c2ccccc2)c2ccccc2)cc1. The first kappa shape index (κ1) is 34.9. The summed E-state index contributed by atoms with van der Waals surface area (Å²) < 4.78 is 5.99. The molecule has 0 atom stereocenters. The lowest BCUT2D eigenvalue weighted by molar-refractivity contribution is -0.935.